The first-order valence-corrected chi connectivity index (χ1v) is 8.66. The Morgan fingerprint density at radius 2 is 1.64 bits per heavy atom. The molecule has 1 N–H and O–H groups in total. The fourth-order valence-electron chi connectivity index (χ4n) is 2.69. The van der Waals surface area contributed by atoms with Gasteiger partial charge in [-0.1, -0.05) is 48.5 Å². The molecule has 132 valence electrons. The molecule has 0 saturated carbocycles. The van der Waals surface area contributed by atoms with Crippen LogP contribution in [0.3, 0.4) is 0 Å². The van der Waals surface area contributed by atoms with Gasteiger partial charge in [-0.05, 0) is 38.0 Å². The monoisotopic (exact) mass is 338 g/mol. The van der Waals surface area contributed by atoms with Crippen LogP contribution in [0.1, 0.15) is 41.8 Å². The van der Waals surface area contributed by atoms with Crippen molar-refractivity contribution < 1.29 is 9.59 Å². The Bertz CT molecular complexity index is 711. The van der Waals surface area contributed by atoms with E-state index in [1.807, 2.05) is 74.2 Å². The molecule has 0 aromatic heterocycles. The molecule has 0 fully saturated rings. The van der Waals surface area contributed by atoms with Crippen LogP contribution in [0.2, 0.25) is 0 Å². The quantitative estimate of drug-likeness (QED) is 0.839. The second kappa shape index (κ2) is 9.02. The fourth-order valence-corrected chi connectivity index (χ4v) is 2.69. The van der Waals surface area contributed by atoms with Crippen LogP contribution in [0, 0.1) is 6.92 Å². The van der Waals surface area contributed by atoms with Crippen LogP contribution < -0.4 is 5.32 Å². The predicted molar refractivity (Wildman–Crippen MR) is 100 cm³/mol. The maximum atomic E-state index is 12.5. The van der Waals surface area contributed by atoms with Gasteiger partial charge in [0, 0.05) is 31.1 Å². The van der Waals surface area contributed by atoms with Gasteiger partial charge in [-0.2, -0.15) is 0 Å². The molecule has 4 heteroatoms. The van der Waals surface area contributed by atoms with Crippen LogP contribution in [0.4, 0.5) is 0 Å². The van der Waals surface area contributed by atoms with Crippen LogP contribution in [-0.2, 0) is 11.3 Å². The van der Waals surface area contributed by atoms with Crippen molar-refractivity contribution in [3.63, 3.8) is 0 Å². The molecule has 2 aromatic rings. The third kappa shape index (κ3) is 5.45. The Morgan fingerprint density at radius 1 is 1.00 bits per heavy atom. The Morgan fingerprint density at radius 3 is 2.28 bits per heavy atom. The number of benzene rings is 2. The number of nitrogens with zero attached hydrogens (tertiary/aromatic N) is 1. The zero-order chi connectivity index (χ0) is 18.2. The molecular weight excluding hydrogens is 312 g/mol. The molecule has 2 aromatic carbocycles. The molecule has 0 atom stereocenters. The van der Waals surface area contributed by atoms with Crippen LogP contribution >= 0.6 is 0 Å². The molecule has 4 nitrogen and oxygen atoms in total. The lowest BCUT2D eigenvalue weighted by Gasteiger charge is -2.27. The predicted octanol–water partition coefficient (Wildman–Crippen LogP) is 3.55. The van der Waals surface area contributed by atoms with Crippen molar-refractivity contribution in [3.05, 3.63) is 71.3 Å². The average Bonchev–Trinajstić information content (AvgIpc) is 2.60. The average molecular weight is 338 g/mol. The minimum Gasteiger partial charge on any atom is -0.352 e. The maximum absolute atomic E-state index is 12.5. The first kappa shape index (κ1) is 18.7. The summed E-state index contributed by atoms with van der Waals surface area (Å²) in [5.74, 6) is -0.0889. The zero-order valence-electron chi connectivity index (χ0n) is 15.2. The lowest BCUT2D eigenvalue weighted by molar-refractivity contribution is -0.133. The highest BCUT2D eigenvalue weighted by atomic mass is 16.2. The summed E-state index contributed by atoms with van der Waals surface area (Å²) < 4.78 is 0. The van der Waals surface area contributed by atoms with Gasteiger partial charge in [-0.3, -0.25) is 9.59 Å². The lowest BCUT2D eigenvalue weighted by atomic mass is 10.1. The molecule has 0 radical (unpaired) electrons. The van der Waals surface area contributed by atoms with Crippen molar-refractivity contribution in [2.24, 2.45) is 0 Å². The number of nitrogens with one attached hydrogen (secondary N) is 1. The molecule has 2 rings (SSSR count). The maximum Gasteiger partial charge on any atom is 0.251 e. The van der Waals surface area contributed by atoms with E-state index in [0.29, 0.717) is 25.1 Å². The number of hydrogen-bond donors (Lipinski definition) is 1. The SMILES string of the molecule is Cc1ccccc1C(=O)NCCC(=O)N(Cc1ccccc1)C(C)C. The molecule has 0 unspecified atom stereocenters. The molecule has 0 saturated heterocycles. The molecule has 25 heavy (non-hydrogen) atoms. The molecule has 0 bridgehead atoms. The highest BCUT2D eigenvalue weighted by Gasteiger charge is 2.17. The second-order valence-corrected chi connectivity index (χ2v) is 6.42. The molecule has 0 spiro atoms. The van der Waals surface area contributed by atoms with Crippen molar-refractivity contribution in [1.82, 2.24) is 10.2 Å². The van der Waals surface area contributed by atoms with Gasteiger partial charge in [0.1, 0.15) is 0 Å². The normalized spacial score (nSPS) is 10.6. The van der Waals surface area contributed by atoms with Crippen LogP contribution in [-0.4, -0.2) is 29.3 Å². The standard InChI is InChI=1S/C21H26N2O2/c1-16(2)23(15-18-10-5-4-6-11-18)20(24)13-14-22-21(25)19-12-8-7-9-17(19)3/h4-12,16H,13-15H2,1-3H3,(H,22,25). The van der Waals surface area contributed by atoms with Gasteiger partial charge in [0.2, 0.25) is 5.91 Å². The van der Waals surface area contributed by atoms with Gasteiger partial charge in [0.25, 0.3) is 5.91 Å². The van der Waals surface area contributed by atoms with Crippen molar-refractivity contribution in [3.8, 4) is 0 Å². The van der Waals surface area contributed by atoms with Crippen LogP contribution in [0.5, 0.6) is 0 Å². The van der Waals surface area contributed by atoms with Gasteiger partial charge in [-0.25, -0.2) is 0 Å². The van der Waals surface area contributed by atoms with Crippen molar-refractivity contribution in [2.75, 3.05) is 6.54 Å². The van der Waals surface area contributed by atoms with Crippen molar-refractivity contribution in [1.29, 1.82) is 0 Å². The summed E-state index contributed by atoms with van der Waals surface area (Å²) in [6.45, 7) is 6.84. The molecule has 0 heterocycles. The van der Waals surface area contributed by atoms with Gasteiger partial charge >= 0.3 is 0 Å². The van der Waals surface area contributed by atoms with E-state index in [0.717, 1.165) is 11.1 Å². The number of rotatable bonds is 7. The first-order chi connectivity index (χ1) is 12.0. The van der Waals surface area contributed by atoms with Crippen LogP contribution in [0.15, 0.2) is 54.6 Å². The molecule has 2 amide bonds. The van der Waals surface area contributed by atoms with E-state index in [1.165, 1.54) is 0 Å². The lowest BCUT2D eigenvalue weighted by Crippen LogP contribution is -2.38. The molecule has 0 aliphatic rings. The van der Waals surface area contributed by atoms with Crippen molar-refractivity contribution >= 4 is 11.8 Å². The number of amides is 2. The number of carbonyl (C=O) groups is 2. The van der Waals surface area contributed by atoms with Gasteiger partial charge < -0.3 is 10.2 Å². The summed E-state index contributed by atoms with van der Waals surface area (Å²) in [5.41, 5.74) is 2.69. The van der Waals surface area contributed by atoms with E-state index in [2.05, 4.69) is 5.32 Å². The Kier molecular flexibility index (Phi) is 6.75. The minimum atomic E-state index is -0.134. The minimum absolute atomic E-state index is 0.0453. The smallest absolute Gasteiger partial charge is 0.251 e. The summed E-state index contributed by atoms with van der Waals surface area (Å²) in [7, 11) is 0. The summed E-state index contributed by atoms with van der Waals surface area (Å²) in [5, 5.41) is 2.84. The van der Waals surface area contributed by atoms with Gasteiger partial charge in [0.05, 0.1) is 0 Å². The summed E-state index contributed by atoms with van der Waals surface area (Å²) in [6.07, 6.45) is 0.294. The van der Waals surface area contributed by atoms with Gasteiger partial charge in [-0.15, -0.1) is 0 Å². The number of hydrogen-bond acceptors (Lipinski definition) is 2. The van der Waals surface area contributed by atoms with E-state index < -0.39 is 0 Å². The third-order valence-corrected chi connectivity index (χ3v) is 4.15. The molecule has 0 aliphatic carbocycles. The van der Waals surface area contributed by atoms with Crippen LogP contribution in [0.25, 0.3) is 0 Å². The Balaban J connectivity index is 1.89. The van der Waals surface area contributed by atoms with E-state index in [9.17, 15) is 9.59 Å². The second-order valence-electron chi connectivity index (χ2n) is 6.42. The van der Waals surface area contributed by atoms with E-state index in [4.69, 9.17) is 0 Å². The number of carbonyl (C=O) groups excluding carboxylic acids is 2. The Hall–Kier alpha value is -2.62. The largest absolute Gasteiger partial charge is 0.352 e. The Labute approximate surface area is 149 Å². The zero-order valence-corrected chi connectivity index (χ0v) is 15.2. The molecule has 0 aliphatic heterocycles. The van der Waals surface area contributed by atoms with Crippen molar-refractivity contribution in [2.45, 2.75) is 39.8 Å². The van der Waals surface area contributed by atoms with E-state index in [1.54, 1.807) is 6.07 Å². The molecular formula is C21H26N2O2. The van der Waals surface area contributed by atoms with E-state index in [-0.39, 0.29) is 17.9 Å². The summed E-state index contributed by atoms with van der Waals surface area (Å²) in [4.78, 5) is 26.6. The third-order valence-electron chi connectivity index (χ3n) is 4.15. The highest BCUT2D eigenvalue weighted by molar-refractivity contribution is 5.95. The first-order valence-electron chi connectivity index (χ1n) is 8.66. The van der Waals surface area contributed by atoms with Gasteiger partial charge in [0.15, 0.2) is 0 Å². The fraction of sp³-hybridized carbons (Fsp3) is 0.333. The highest BCUT2D eigenvalue weighted by Crippen LogP contribution is 2.10. The number of aryl methyl sites for hydroxylation is 1. The summed E-state index contributed by atoms with van der Waals surface area (Å²) >= 11 is 0. The topological polar surface area (TPSA) is 49.4 Å². The summed E-state index contributed by atoms with van der Waals surface area (Å²) in [6, 6.07) is 17.5. The van der Waals surface area contributed by atoms with E-state index >= 15 is 0 Å².